The third-order valence-corrected chi connectivity index (χ3v) is 5.73. The molecule has 1 amide bonds. The van der Waals surface area contributed by atoms with Gasteiger partial charge in [-0.25, -0.2) is 22.7 Å². The van der Waals surface area contributed by atoms with Gasteiger partial charge >= 0.3 is 11.9 Å². The van der Waals surface area contributed by atoms with Gasteiger partial charge in [-0.3, -0.25) is 4.79 Å². The highest BCUT2D eigenvalue weighted by atomic mass is 32.2. The van der Waals surface area contributed by atoms with Crippen LogP contribution >= 0.6 is 0 Å². The molecule has 2 aromatic carbocycles. The third kappa shape index (κ3) is 5.83. The normalized spacial score (nSPS) is 10.9. The van der Waals surface area contributed by atoms with Crippen molar-refractivity contribution in [2.75, 3.05) is 32.7 Å². The lowest BCUT2D eigenvalue weighted by Gasteiger charge is -2.13. The first kappa shape index (κ1) is 24.8. The minimum absolute atomic E-state index is 0.0211. The topological polar surface area (TPSA) is 137 Å². The molecule has 10 nitrogen and oxygen atoms in total. The van der Waals surface area contributed by atoms with Crippen LogP contribution in [0.4, 0.5) is 5.69 Å². The van der Waals surface area contributed by atoms with E-state index in [2.05, 4.69) is 19.5 Å². The Hall–Kier alpha value is -3.44. The summed E-state index contributed by atoms with van der Waals surface area (Å²) in [7, 11) is -1.56. The standard InChI is InChI=1S/C21H24N2O8S/c1-5-22-32(27,28)18-12-13(7-8-17(18)31-6-2)19(24)23-16-10-14(20(25)29-3)9-15(11-16)21(26)30-4/h7-12,22H,5-6H2,1-4H3,(H,23,24). The van der Waals surface area contributed by atoms with E-state index in [1.165, 1.54) is 50.6 Å². The highest BCUT2D eigenvalue weighted by Gasteiger charge is 2.22. The second kappa shape index (κ2) is 10.7. The summed E-state index contributed by atoms with van der Waals surface area (Å²) in [6.45, 7) is 3.72. The van der Waals surface area contributed by atoms with Crippen LogP contribution < -0.4 is 14.8 Å². The average Bonchev–Trinajstić information content (AvgIpc) is 2.77. The zero-order valence-corrected chi connectivity index (χ0v) is 18.9. The number of hydrogen-bond acceptors (Lipinski definition) is 8. The van der Waals surface area contributed by atoms with Gasteiger partial charge in [-0.15, -0.1) is 0 Å². The number of methoxy groups -OCH3 is 2. The number of sulfonamides is 1. The zero-order chi connectivity index (χ0) is 23.9. The molecule has 0 unspecified atom stereocenters. The molecule has 0 saturated heterocycles. The van der Waals surface area contributed by atoms with Crippen LogP contribution in [-0.4, -0.2) is 53.6 Å². The number of rotatable bonds is 9. The van der Waals surface area contributed by atoms with Gasteiger partial charge in [0.15, 0.2) is 0 Å². The van der Waals surface area contributed by atoms with Crippen molar-refractivity contribution < 1.29 is 37.0 Å². The fourth-order valence-electron chi connectivity index (χ4n) is 2.78. The van der Waals surface area contributed by atoms with Crippen LogP contribution in [0.15, 0.2) is 41.3 Å². The van der Waals surface area contributed by atoms with Gasteiger partial charge in [-0.1, -0.05) is 6.92 Å². The fraction of sp³-hybridized carbons (Fsp3) is 0.286. The van der Waals surface area contributed by atoms with E-state index in [9.17, 15) is 22.8 Å². The molecular formula is C21H24N2O8S. The van der Waals surface area contributed by atoms with E-state index in [-0.39, 0.29) is 46.2 Å². The number of esters is 2. The highest BCUT2D eigenvalue weighted by molar-refractivity contribution is 7.89. The molecular weight excluding hydrogens is 440 g/mol. The molecule has 0 heterocycles. The molecule has 0 aliphatic rings. The Kier molecular flexibility index (Phi) is 8.33. The maximum Gasteiger partial charge on any atom is 0.337 e. The molecule has 172 valence electrons. The Morgan fingerprint density at radius 2 is 1.47 bits per heavy atom. The first-order valence-corrected chi connectivity index (χ1v) is 11.0. The average molecular weight is 464 g/mol. The second-order valence-electron chi connectivity index (χ2n) is 6.33. The van der Waals surface area contributed by atoms with Gasteiger partial charge in [0.1, 0.15) is 10.6 Å². The highest BCUT2D eigenvalue weighted by Crippen LogP contribution is 2.26. The van der Waals surface area contributed by atoms with Crippen molar-refractivity contribution in [1.29, 1.82) is 0 Å². The van der Waals surface area contributed by atoms with Gasteiger partial charge in [0.25, 0.3) is 5.91 Å². The predicted molar refractivity (Wildman–Crippen MR) is 116 cm³/mol. The number of carbonyl (C=O) groups is 3. The molecule has 2 rings (SSSR count). The van der Waals surface area contributed by atoms with Gasteiger partial charge in [0.2, 0.25) is 10.0 Å². The Balaban J connectivity index is 2.46. The Labute approximate surface area is 185 Å². The van der Waals surface area contributed by atoms with Crippen molar-refractivity contribution in [2.24, 2.45) is 0 Å². The summed E-state index contributed by atoms with van der Waals surface area (Å²) >= 11 is 0. The molecule has 0 fully saturated rings. The van der Waals surface area contributed by atoms with Crippen molar-refractivity contribution in [3.05, 3.63) is 53.1 Å². The van der Waals surface area contributed by atoms with Gasteiger partial charge in [-0.05, 0) is 43.3 Å². The largest absolute Gasteiger partial charge is 0.492 e. The number of hydrogen-bond donors (Lipinski definition) is 2. The van der Waals surface area contributed by atoms with Gasteiger partial charge < -0.3 is 19.5 Å². The number of nitrogens with one attached hydrogen (secondary N) is 2. The molecule has 11 heteroatoms. The van der Waals surface area contributed by atoms with E-state index < -0.39 is 27.9 Å². The summed E-state index contributed by atoms with van der Waals surface area (Å²) in [5.41, 5.74) is 0.178. The number of carbonyl (C=O) groups excluding carboxylic acids is 3. The lowest BCUT2D eigenvalue weighted by Crippen LogP contribution is -2.24. The third-order valence-electron chi connectivity index (χ3n) is 4.16. The van der Waals surface area contributed by atoms with Gasteiger partial charge in [0.05, 0.1) is 32.0 Å². The first-order valence-electron chi connectivity index (χ1n) is 9.56. The number of benzene rings is 2. The molecule has 0 aliphatic heterocycles. The van der Waals surface area contributed by atoms with E-state index in [0.717, 1.165) is 0 Å². The molecule has 2 aromatic rings. The van der Waals surface area contributed by atoms with E-state index in [1.807, 2.05) is 0 Å². The van der Waals surface area contributed by atoms with Crippen molar-refractivity contribution >= 4 is 33.6 Å². The maximum absolute atomic E-state index is 12.8. The molecule has 0 saturated carbocycles. The lowest BCUT2D eigenvalue weighted by atomic mass is 10.1. The van der Waals surface area contributed by atoms with Crippen LogP contribution in [-0.2, 0) is 19.5 Å². The van der Waals surface area contributed by atoms with Crippen LogP contribution in [0.3, 0.4) is 0 Å². The van der Waals surface area contributed by atoms with Crippen molar-refractivity contribution in [2.45, 2.75) is 18.7 Å². The van der Waals surface area contributed by atoms with Crippen LogP contribution in [0.5, 0.6) is 5.75 Å². The van der Waals surface area contributed by atoms with Crippen LogP contribution in [0.1, 0.15) is 44.9 Å². The van der Waals surface area contributed by atoms with E-state index in [4.69, 9.17) is 4.74 Å². The molecule has 0 radical (unpaired) electrons. The van der Waals surface area contributed by atoms with Crippen molar-refractivity contribution in [1.82, 2.24) is 4.72 Å². The molecule has 2 N–H and O–H groups in total. The quantitative estimate of drug-likeness (QED) is 0.539. The van der Waals surface area contributed by atoms with Crippen LogP contribution in [0.2, 0.25) is 0 Å². The molecule has 0 spiro atoms. The number of amides is 1. The van der Waals surface area contributed by atoms with E-state index >= 15 is 0 Å². The Morgan fingerprint density at radius 1 is 0.875 bits per heavy atom. The number of ether oxygens (including phenoxy) is 3. The van der Waals surface area contributed by atoms with Gasteiger partial charge in [-0.2, -0.15) is 0 Å². The zero-order valence-electron chi connectivity index (χ0n) is 18.1. The summed E-state index contributed by atoms with van der Waals surface area (Å²) in [4.78, 5) is 36.5. The summed E-state index contributed by atoms with van der Waals surface area (Å²) < 4.78 is 42.2. The minimum Gasteiger partial charge on any atom is -0.492 e. The maximum atomic E-state index is 12.8. The molecule has 0 aromatic heterocycles. The molecule has 0 atom stereocenters. The van der Waals surface area contributed by atoms with Crippen LogP contribution in [0, 0.1) is 0 Å². The van der Waals surface area contributed by atoms with Gasteiger partial charge in [0, 0.05) is 17.8 Å². The molecule has 32 heavy (non-hydrogen) atoms. The second-order valence-corrected chi connectivity index (χ2v) is 8.07. The van der Waals surface area contributed by atoms with Crippen molar-refractivity contribution in [3.8, 4) is 5.75 Å². The first-order chi connectivity index (χ1) is 15.2. The lowest BCUT2D eigenvalue weighted by molar-refractivity contribution is 0.0598. The van der Waals surface area contributed by atoms with Crippen molar-refractivity contribution in [3.63, 3.8) is 0 Å². The Morgan fingerprint density at radius 3 is 1.97 bits per heavy atom. The molecule has 0 aliphatic carbocycles. The fourth-order valence-corrected chi connectivity index (χ4v) is 3.99. The summed E-state index contributed by atoms with van der Waals surface area (Å²) in [5, 5.41) is 2.55. The SMILES string of the molecule is CCNS(=O)(=O)c1cc(C(=O)Nc2cc(C(=O)OC)cc(C(=O)OC)c2)ccc1OCC. The predicted octanol–water partition coefficient (Wildman–Crippen LogP) is 2.21. The summed E-state index contributed by atoms with van der Waals surface area (Å²) in [5.74, 6) is -2.00. The monoisotopic (exact) mass is 464 g/mol. The van der Waals surface area contributed by atoms with Crippen LogP contribution in [0.25, 0.3) is 0 Å². The number of anilines is 1. The molecule has 0 bridgehead atoms. The Bertz CT molecular complexity index is 1090. The minimum atomic E-state index is -3.91. The smallest absolute Gasteiger partial charge is 0.337 e. The van der Waals surface area contributed by atoms with E-state index in [0.29, 0.717) is 0 Å². The summed E-state index contributed by atoms with van der Waals surface area (Å²) in [6, 6.07) is 7.88. The van der Waals surface area contributed by atoms with E-state index in [1.54, 1.807) is 13.8 Å². The summed E-state index contributed by atoms with van der Waals surface area (Å²) in [6.07, 6.45) is 0.